The topological polar surface area (TPSA) is 46.9 Å². The van der Waals surface area contributed by atoms with Gasteiger partial charge in [0.2, 0.25) is 0 Å². The predicted octanol–water partition coefficient (Wildman–Crippen LogP) is 2.57. The zero-order valence-electron chi connectivity index (χ0n) is 8.95. The van der Waals surface area contributed by atoms with Gasteiger partial charge in [-0.1, -0.05) is 0 Å². The molecule has 88 valence electrons. The molecule has 0 saturated heterocycles. The highest BCUT2D eigenvalue weighted by Crippen LogP contribution is 2.19. The zero-order valence-corrected chi connectivity index (χ0v) is 10.5. The van der Waals surface area contributed by atoms with Crippen molar-refractivity contribution in [2.45, 2.75) is 0 Å². The van der Waals surface area contributed by atoms with Crippen LogP contribution in [-0.4, -0.2) is 15.5 Å². The van der Waals surface area contributed by atoms with Crippen molar-refractivity contribution >= 4 is 27.5 Å². The lowest BCUT2D eigenvalue weighted by molar-refractivity contribution is 0.102. The smallest absolute Gasteiger partial charge is 0.275 e. The molecule has 0 unspecified atom stereocenters. The van der Waals surface area contributed by atoms with Gasteiger partial charge in [-0.05, 0) is 34.1 Å². The minimum atomic E-state index is -0.427. The summed E-state index contributed by atoms with van der Waals surface area (Å²) in [5, 5.41) is 2.56. The average molecular weight is 298 g/mol. The van der Waals surface area contributed by atoms with Crippen molar-refractivity contribution in [1.29, 1.82) is 0 Å². The Hall–Kier alpha value is -1.69. The Morgan fingerprint density at radius 2 is 2.29 bits per heavy atom. The summed E-state index contributed by atoms with van der Waals surface area (Å²) in [6.07, 6.45) is 3.11. The summed E-state index contributed by atoms with van der Waals surface area (Å²) < 4.78 is 15.2. The first kappa shape index (κ1) is 11.8. The maximum Gasteiger partial charge on any atom is 0.275 e. The van der Waals surface area contributed by atoms with Crippen LogP contribution in [0.2, 0.25) is 0 Å². The number of hydrogen-bond donors (Lipinski definition) is 1. The fourth-order valence-corrected chi connectivity index (χ4v) is 1.55. The van der Waals surface area contributed by atoms with E-state index >= 15 is 0 Å². The first-order valence-electron chi connectivity index (χ1n) is 4.80. The highest BCUT2D eigenvalue weighted by atomic mass is 79.9. The number of halogens is 2. The monoisotopic (exact) mass is 297 g/mol. The molecule has 1 amide bonds. The third-order valence-electron chi connectivity index (χ3n) is 2.11. The maximum atomic E-state index is 13.2. The van der Waals surface area contributed by atoms with Crippen molar-refractivity contribution in [2.24, 2.45) is 7.05 Å². The van der Waals surface area contributed by atoms with Gasteiger partial charge in [0.15, 0.2) is 0 Å². The Kier molecular flexibility index (Phi) is 3.23. The lowest BCUT2D eigenvalue weighted by atomic mass is 10.3. The van der Waals surface area contributed by atoms with Gasteiger partial charge in [0.05, 0.1) is 10.8 Å². The van der Waals surface area contributed by atoms with E-state index in [0.29, 0.717) is 10.2 Å². The van der Waals surface area contributed by atoms with E-state index in [9.17, 15) is 9.18 Å². The number of aryl methyl sites for hydroxylation is 1. The molecule has 1 aromatic heterocycles. The van der Waals surface area contributed by atoms with Gasteiger partial charge in [-0.25, -0.2) is 9.37 Å². The summed E-state index contributed by atoms with van der Waals surface area (Å²) in [5.74, 6) is -0.795. The summed E-state index contributed by atoms with van der Waals surface area (Å²) >= 11 is 3.04. The summed E-state index contributed by atoms with van der Waals surface area (Å²) in [4.78, 5) is 15.6. The minimum Gasteiger partial charge on any atom is -0.340 e. The van der Waals surface area contributed by atoms with E-state index in [-0.39, 0.29) is 11.6 Å². The molecule has 17 heavy (non-hydrogen) atoms. The SMILES string of the molecule is Cn1cnc(C(=O)Nc2ccc(Br)c(F)c2)c1. The van der Waals surface area contributed by atoms with E-state index < -0.39 is 5.82 Å². The van der Waals surface area contributed by atoms with Crippen LogP contribution in [0.4, 0.5) is 10.1 Å². The second-order valence-corrected chi connectivity index (χ2v) is 4.36. The highest BCUT2D eigenvalue weighted by molar-refractivity contribution is 9.10. The van der Waals surface area contributed by atoms with E-state index in [0.717, 1.165) is 0 Å². The second kappa shape index (κ2) is 4.67. The van der Waals surface area contributed by atoms with E-state index in [4.69, 9.17) is 0 Å². The van der Waals surface area contributed by atoms with Gasteiger partial charge in [-0.2, -0.15) is 0 Å². The fourth-order valence-electron chi connectivity index (χ4n) is 1.30. The molecule has 1 N–H and O–H groups in total. The molecule has 0 radical (unpaired) electrons. The lowest BCUT2D eigenvalue weighted by Gasteiger charge is -2.03. The number of anilines is 1. The molecule has 0 aliphatic heterocycles. The van der Waals surface area contributed by atoms with Crippen molar-refractivity contribution in [2.75, 3.05) is 5.32 Å². The van der Waals surface area contributed by atoms with E-state index in [1.165, 1.54) is 18.5 Å². The van der Waals surface area contributed by atoms with E-state index in [1.807, 2.05) is 0 Å². The minimum absolute atomic E-state index is 0.288. The molecule has 0 spiro atoms. The number of benzene rings is 1. The fraction of sp³-hybridized carbons (Fsp3) is 0.0909. The molecule has 2 rings (SSSR count). The Labute approximate surface area is 106 Å². The van der Waals surface area contributed by atoms with Gasteiger partial charge in [0.1, 0.15) is 11.5 Å². The number of imidazole rings is 1. The third kappa shape index (κ3) is 2.71. The second-order valence-electron chi connectivity index (χ2n) is 3.51. The van der Waals surface area contributed by atoms with Crippen LogP contribution in [0.1, 0.15) is 10.5 Å². The molecular formula is C11H9BrFN3O. The van der Waals surface area contributed by atoms with Crippen LogP contribution in [0.3, 0.4) is 0 Å². The third-order valence-corrected chi connectivity index (χ3v) is 2.76. The molecule has 1 heterocycles. The molecule has 0 saturated carbocycles. The van der Waals surface area contributed by atoms with Crippen LogP contribution in [0, 0.1) is 5.82 Å². The molecule has 0 bridgehead atoms. The molecule has 4 nitrogen and oxygen atoms in total. The zero-order chi connectivity index (χ0) is 12.4. The van der Waals surface area contributed by atoms with Crippen molar-refractivity contribution in [3.63, 3.8) is 0 Å². The number of rotatable bonds is 2. The van der Waals surface area contributed by atoms with Crippen LogP contribution in [0.15, 0.2) is 35.2 Å². The number of nitrogens with zero attached hydrogens (tertiary/aromatic N) is 2. The number of carbonyl (C=O) groups is 1. The molecule has 0 aliphatic carbocycles. The van der Waals surface area contributed by atoms with Crippen molar-refractivity contribution < 1.29 is 9.18 Å². The number of aromatic nitrogens is 2. The predicted molar refractivity (Wildman–Crippen MR) is 65.3 cm³/mol. The quantitative estimate of drug-likeness (QED) is 0.926. The van der Waals surface area contributed by atoms with Crippen molar-refractivity contribution in [3.8, 4) is 0 Å². The maximum absolute atomic E-state index is 13.2. The van der Waals surface area contributed by atoms with Gasteiger partial charge in [0, 0.05) is 18.9 Å². The Morgan fingerprint density at radius 3 is 2.88 bits per heavy atom. The molecule has 6 heteroatoms. The summed E-state index contributed by atoms with van der Waals surface area (Å²) in [6, 6.07) is 4.38. The molecular weight excluding hydrogens is 289 g/mol. The molecule has 0 fully saturated rings. The molecule has 1 aromatic carbocycles. The van der Waals surface area contributed by atoms with Gasteiger partial charge >= 0.3 is 0 Å². The number of carbonyl (C=O) groups excluding carboxylic acids is 1. The van der Waals surface area contributed by atoms with Crippen LogP contribution < -0.4 is 5.32 Å². The Balaban J connectivity index is 2.15. The Bertz CT molecular complexity index is 568. The first-order valence-corrected chi connectivity index (χ1v) is 5.60. The van der Waals surface area contributed by atoms with Gasteiger partial charge in [0.25, 0.3) is 5.91 Å². The van der Waals surface area contributed by atoms with Crippen molar-refractivity contribution in [3.05, 3.63) is 46.7 Å². The molecule has 0 aliphatic rings. The summed E-state index contributed by atoms with van der Waals surface area (Å²) in [6.45, 7) is 0. The largest absolute Gasteiger partial charge is 0.340 e. The number of nitrogens with one attached hydrogen (secondary N) is 1. The highest BCUT2D eigenvalue weighted by Gasteiger charge is 2.09. The summed E-state index contributed by atoms with van der Waals surface area (Å²) in [5.41, 5.74) is 0.678. The number of amides is 1. The van der Waals surface area contributed by atoms with Crippen LogP contribution in [0.5, 0.6) is 0 Å². The van der Waals surface area contributed by atoms with Crippen LogP contribution in [0.25, 0.3) is 0 Å². The van der Waals surface area contributed by atoms with Crippen molar-refractivity contribution in [1.82, 2.24) is 9.55 Å². The van der Waals surface area contributed by atoms with Crippen LogP contribution >= 0.6 is 15.9 Å². The lowest BCUT2D eigenvalue weighted by Crippen LogP contribution is -2.12. The van der Waals surface area contributed by atoms with Crippen LogP contribution in [-0.2, 0) is 7.05 Å². The number of hydrogen-bond acceptors (Lipinski definition) is 2. The Morgan fingerprint density at radius 1 is 1.53 bits per heavy atom. The standard InChI is InChI=1S/C11H9BrFN3O/c1-16-5-10(14-6-16)11(17)15-7-2-3-8(12)9(13)4-7/h2-6H,1H3,(H,15,17). The van der Waals surface area contributed by atoms with Gasteiger partial charge < -0.3 is 9.88 Å². The molecule has 0 atom stereocenters. The molecule has 2 aromatic rings. The first-order chi connectivity index (χ1) is 8.06. The van der Waals surface area contributed by atoms with Gasteiger partial charge in [-0.15, -0.1) is 0 Å². The summed E-state index contributed by atoms with van der Waals surface area (Å²) in [7, 11) is 1.77. The van der Waals surface area contributed by atoms with E-state index in [2.05, 4.69) is 26.2 Å². The normalized spacial score (nSPS) is 10.3. The van der Waals surface area contributed by atoms with E-state index in [1.54, 1.807) is 23.9 Å². The van der Waals surface area contributed by atoms with Gasteiger partial charge in [-0.3, -0.25) is 4.79 Å². The average Bonchev–Trinajstić information content (AvgIpc) is 2.70.